The van der Waals surface area contributed by atoms with Gasteiger partial charge in [-0.3, -0.25) is 9.69 Å². The van der Waals surface area contributed by atoms with E-state index in [0.29, 0.717) is 13.2 Å². The molecule has 5 heteroatoms. The number of hydrogen-bond acceptors (Lipinski definition) is 4. The maximum atomic E-state index is 13.0. The molecule has 0 aliphatic carbocycles. The normalized spacial score (nSPS) is 16.4. The van der Waals surface area contributed by atoms with Crippen LogP contribution in [0.3, 0.4) is 0 Å². The van der Waals surface area contributed by atoms with Crippen LogP contribution in [-0.2, 0) is 4.74 Å². The monoisotopic (exact) mass is 383 g/mol. The highest BCUT2D eigenvalue weighted by Gasteiger charge is 2.23. The van der Waals surface area contributed by atoms with Crippen molar-refractivity contribution in [1.82, 2.24) is 9.47 Å². The van der Waals surface area contributed by atoms with Gasteiger partial charge in [0.05, 0.1) is 19.2 Å². The van der Waals surface area contributed by atoms with E-state index in [1.807, 2.05) is 13.0 Å². The fourth-order valence-electron chi connectivity index (χ4n) is 4.41. The number of Topliss-reactive ketones (excluding diaryl/α,β-unsaturated/α-hetero) is 1. The smallest absolute Gasteiger partial charge is 0.178 e. The molecule has 1 saturated heterocycles. The van der Waals surface area contributed by atoms with Crippen LogP contribution < -0.4 is 4.90 Å². The van der Waals surface area contributed by atoms with E-state index in [1.165, 1.54) is 11.3 Å². The zero-order valence-corrected chi connectivity index (χ0v) is 17.9. The SMILES string of the molecule is COC[C@H](C)n1c(C)cc(C(=O)CN2CCN(c3ccccc3C)CC2)c1C. The third-order valence-corrected chi connectivity index (χ3v) is 5.83. The second-order valence-corrected chi connectivity index (χ2v) is 7.93. The maximum absolute atomic E-state index is 13.0. The summed E-state index contributed by atoms with van der Waals surface area (Å²) in [5.74, 6) is 0.216. The molecule has 1 aromatic carbocycles. The summed E-state index contributed by atoms with van der Waals surface area (Å²) < 4.78 is 7.51. The predicted molar refractivity (Wildman–Crippen MR) is 115 cm³/mol. The Balaban J connectivity index is 1.62. The topological polar surface area (TPSA) is 37.7 Å². The van der Waals surface area contributed by atoms with Gasteiger partial charge >= 0.3 is 0 Å². The average Bonchev–Trinajstić information content (AvgIpc) is 2.97. The van der Waals surface area contributed by atoms with Crippen molar-refractivity contribution in [2.75, 3.05) is 51.3 Å². The lowest BCUT2D eigenvalue weighted by molar-refractivity contribution is 0.0925. The molecule has 1 aliphatic rings. The van der Waals surface area contributed by atoms with E-state index in [2.05, 4.69) is 59.4 Å². The summed E-state index contributed by atoms with van der Waals surface area (Å²) in [6.07, 6.45) is 0. The third-order valence-electron chi connectivity index (χ3n) is 5.83. The molecule has 3 rings (SSSR count). The molecule has 0 N–H and O–H groups in total. The molecule has 2 aromatic rings. The van der Waals surface area contributed by atoms with Gasteiger partial charge in [0, 0.05) is 55.9 Å². The third kappa shape index (κ3) is 4.31. The summed E-state index contributed by atoms with van der Waals surface area (Å²) in [6, 6.07) is 10.8. The summed E-state index contributed by atoms with van der Waals surface area (Å²) in [6.45, 7) is 13.3. The lowest BCUT2D eigenvalue weighted by Gasteiger charge is -2.36. The Hall–Kier alpha value is -2.11. The van der Waals surface area contributed by atoms with E-state index < -0.39 is 0 Å². The van der Waals surface area contributed by atoms with Crippen LogP contribution in [0.2, 0.25) is 0 Å². The molecule has 152 valence electrons. The number of hydrogen-bond donors (Lipinski definition) is 0. The second-order valence-electron chi connectivity index (χ2n) is 7.93. The number of rotatable bonds is 7. The van der Waals surface area contributed by atoms with Crippen molar-refractivity contribution in [3.63, 3.8) is 0 Å². The lowest BCUT2D eigenvalue weighted by atomic mass is 10.1. The van der Waals surface area contributed by atoms with Crippen molar-refractivity contribution in [1.29, 1.82) is 0 Å². The molecule has 1 atom stereocenters. The number of carbonyl (C=O) groups excluding carboxylic acids is 1. The number of anilines is 1. The number of ether oxygens (including phenoxy) is 1. The van der Waals surface area contributed by atoms with Crippen molar-refractivity contribution in [3.05, 3.63) is 52.8 Å². The number of nitrogens with zero attached hydrogens (tertiary/aromatic N) is 3. The Morgan fingerprint density at radius 2 is 1.79 bits per heavy atom. The molecule has 0 amide bonds. The first-order valence-corrected chi connectivity index (χ1v) is 10.2. The molecule has 1 aliphatic heterocycles. The van der Waals surface area contributed by atoms with Crippen LogP contribution in [0, 0.1) is 20.8 Å². The molecular formula is C23H33N3O2. The van der Waals surface area contributed by atoms with Gasteiger partial charge in [-0.15, -0.1) is 0 Å². The zero-order chi connectivity index (χ0) is 20.3. The molecule has 0 radical (unpaired) electrons. The molecule has 0 unspecified atom stereocenters. The van der Waals surface area contributed by atoms with Crippen LogP contribution in [0.25, 0.3) is 0 Å². The van der Waals surface area contributed by atoms with Gasteiger partial charge in [0.2, 0.25) is 0 Å². The lowest BCUT2D eigenvalue weighted by Crippen LogP contribution is -2.48. The minimum absolute atomic E-state index is 0.216. The first-order valence-electron chi connectivity index (χ1n) is 10.2. The Morgan fingerprint density at radius 1 is 1.11 bits per heavy atom. The standard InChI is InChI=1S/C23H33N3O2/c1-17-8-6-7-9-22(17)25-12-10-24(11-13-25)15-23(27)21-14-18(2)26(20(21)4)19(3)16-28-5/h6-9,14,19H,10-13,15-16H2,1-5H3/t19-/m0/s1. The van der Waals surface area contributed by atoms with E-state index in [0.717, 1.165) is 43.1 Å². The van der Waals surface area contributed by atoms with Gasteiger partial charge in [-0.05, 0) is 45.4 Å². The van der Waals surface area contributed by atoms with E-state index in [-0.39, 0.29) is 11.8 Å². The summed E-state index contributed by atoms with van der Waals surface area (Å²) in [5, 5.41) is 0. The van der Waals surface area contributed by atoms with Crippen LogP contribution in [0.4, 0.5) is 5.69 Å². The van der Waals surface area contributed by atoms with E-state index in [9.17, 15) is 4.79 Å². The van der Waals surface area contributed by atoms with Crippen LogP contribution in [0.15, 0.2) is 30.3 Å². The maximum Gasteiger partial charge on any atom is 0.178 e. The van der Waals surface area contributed by atoms with E-state index in [1.54, 1.807) is 7.11 Å². The summed E-state index contributed by atoms with van der Waals surface area (Å²) in [4.78, 5) is 17.7. The van der Waals surface area contributed by atoms with E-state index >= 15 is 0 Å². The van der Waals surface area contributed by atoms with E-state index in [4.69, 9.17) is 4.74 Å². The van der Waals surface area contributed by atoms with Crippen molar-refractivity contribution in [3.8, 4) is 0 Å². The Bertz CT molecular complexity index is 819. The Morgan fingerprint density at radius 3 is 2.43 bits per heavy atom. The summed E-state index contributed by atoms with van der Waals surface area (Å²) >= 11 is 0. The number of para-hydroxylation sites is 1. The number of methoxy groups -OCH3 is 1. The first-order chi connectivity index (χ1) is 13.4. The average molecular weight is 384 g/mol. The highest BCUT2D eigenvalue weighted by Crippen LogP contribution is 2.23. The van der Waals surface area contributed by atoms with Gasteiger partial charge in [-0.2, -0.15) is 0 Å². The van der Waals surface area contributed by atoms with Gasteiger partial charge in [0.15, 0.2) is 5.78 Å². The highest BCUT2D eigenvalue weighted by atomic mass is 16.5. The predicted octanol–water partition coefficient (Wildman–Crippen LogP) is 3.63. The van der Waals surface area contributed by atoms with Gasteiger partial charge in [0.1, 0.15) is 0 Å². The quantitative estimate of drug-likeness (QED) is 0.685. The molecule has 0 saturated carbocycles. The van der Waals surface area contributed by atoms with Crippen molar-refractivity contribution >= 4 is 11.5 Å². The van der Waals surface area contributed by atoms with Crippen LogP contribution in [-0.4, -0.2) is 61.7 Å². The fraction of sp³-hybridized carbons (Fsp3) is 0.522. The fourth-order valence-corrected chi connectivity index (χ4v) is 4.41. The number of aromatic nitrogens is 1. The molecule has 5 nitrogen and oxygen atoms in total. The molecule has 1 aromatic heterocycles. The molecular weight excluding hydrogens is 350 g/mol. The van der Waals surface area contributed by atoms with Crippen LogP contribution >= 0.6 is 0 Å². The highest BCUT2D eigenvalue weighted by molar-refractivity contribution is 5.99. The molecule has 1 fully saturated rings. The largest absolute Gasteiger partial charge is 0.383 e. The minimum atomic E-state index is 0.216. The summed E-state index contributed by atoms with van der Waals surface area (Å²) in [5.41, 5.74) is 5.64. The number of aryl methyl sites for hydroxylation is 2. The molecule has 2 heterocycles. The first kappa shape index (κ1) is 20.6. The van der Waals surface area contributed by atoms with Gasteiger partial charge in [-0.1, -0.05) is 18.2 Å². The van der Waals surface area contributed by atoms with Crippen molar-refractivity contribution < 1.29 is 9.53 Å². The number of ketones is 1. The van der Waals surface area contributed by atoms with Gasteiger partial charge < -0.3 is 14.2 Å². The van der Waals surface area contributed by atoms with Crippen LogP contribution in [0.5, 0.6) is 0 Å². The molecule has 0 bridgehead atoms. The van der Waals surface area contributed by atoms with Crippen LogP contribution in [0.1, 0.15) is 40.3 Å². The van der Waals surface area contributed by atoms with Crippen molar-refractivity contribution in [2.24, 2.45) is 0 Å². The Labute approximate surface area is 168 Å². The minimum Gasteiger partial charge on any atom is -0.383 e. The molecule has 28 heavy (non-hydrogen) atoms. The second kappa shape index (κ2) is 8.93. The molecule has 0 spiro atoms. The Kier molecular flexibility index (Phi) is 6.57. The van der Waals surface area contributed by atoms with Gasteiger partial charge in [-0.25, -0.2) is 0 Å². The van der Waals surface area contributed by atoms with Gasteiger partial charge in [0.25, 0.3) is 0 Å². The summed E-state index contributed by atoms with van der Waals surface area (Å²) in [7, 11) is 1.72. The zero-order valence-electron chi connectivity index (χ0n) is 17.9. The number of piperazine rings is 1. The number of carbonyl (C=O) groups is 1. The van der Waals surface area contributed by atoms with Crippen molar-refractivity contribution in [2.45, 2.75) is 33.7 Å². The number of benzene rings is 1.